The molecule has 1 unspecified atom stereocenters. The highest BCUT2D eigenvalue weighted by molar-refractivity contribution is 4.56. The third-order valence-electron chi connectivity index (χ3n) is 1.14. The maximum Gasteiger partial charge on any atom is 0.522 e. The first kappa shape index (κ1) is 12.6. The van der Waals surface area contributed by atoms with Crippen LogP contribution in [0.3, 0.4) is 0 Å². The van der Waals surface area contributed by atoms with Gasteiger partial charge in [0, 0.05) is 13.1 Å². The van der Waals surface area contributed by atoms with Gasteiger partial charge in [0.1, 0.15) is 0 Å². The van der Waals surface area contributed by atoms with Gasteiger partial charge in [0.05, 0.1) is 19.3 Å². The maximum atomic E-state index is 11.4. The van der Waals surface area contributed by atoms with Crippen molar-refractivity contribution in [3.8, 4) is 0 Å². The number of halogens is 3. The Bertz CT molecular complexity index is 131. The third kappa shape index (κ3) is 9.54. The fourth-order valence-electron chi connectivity index (χ4n) is 0.572. The van der Waals surface area contributed by atoms with Gasteiger partial charge in [0.25, 0.3) is 0 Å². The van der Waals surface area contributed by atoms with Crippen LogP contribution in [0.5, 0.6) is 0 Å². The van der Waals surface area contributed by atoms with E-state index in [1.165, 1.54) is 0 Å². The predicted molar refractivity (Wildman–Crippen MR) is 38.0 cm³/mol. The van der Waals surface area contributed by atoms with Gasteiger partial charge in [-0.15, -0.1) is 13.2 Å². The monoisotopic (exact) mass is 203 g/mol. The Labute approximate surface area is 73.3 Å². The lowest BCUT2D eigenvalue weighted by Gasteiger charge is -2.10. The molecule has 0 aliphatic rings. The summed E-state index contributed by atoms with van der Waals surface area (Å²) in [6, 6.07) is 0. The van der Waals surface area contributed by atoms with Crippen molar-refractivity contribution >= 4 is 0 Å². The Hall–Kier alpha value is -0.370. The second-order valence-corrected chi connectivity index (χ2v) is 2.33. The van der Waals surface area contributed by atoms with Crippen molar-refractivity contribution < 1.29 is 28.1 Å². The molecule has 13 heavy (non-hydrogen) atoms. The molecule has 0 heterocycles. The number of rotatable bonds is 6. The minimum atomic E-state index is -4.61. The van der Waals surface area contributed by atoms with Gasteiger partial charge >= 0.3 is 6.36 Å². The predicted octanol–water partition coefficient (Wildman–Crippen LogP) is -0.534. The molecule has 0 rings (SSSR count). The van der Waals surface area contributed by atoms with Gasteiger partial charge in [-0.25, -0.2) is 0 Å². The highest BCUT2D eigenvalue weighted by Crippen LogP contribution is 2.14. The molecule has 0 bridgehead atoms. The van der Waals surface area contributed by atoms with Gasteiger partial charge in [-0.3, -0.25) is 4.74 Å². The summed E-state index contributed by atoms with van der Waals surface area (Å²) < 4.78 is 37.5. The molecule has 1 atom stereocenters. The minimum Gasteiger partial charge on any atom is -0.394 e. The van der Waals surface area contributed by atoms with E-state index in [0.29, 0.717) is 0 Å². The van der Waals surface area contributed by atoms with Gasteiger partial charge in [-0.1, -0.05) is 0 Å². The largest absolute Gasteiger partial charge is 0.522 e. The number of hydrogen-bond acceptors (Lipinski definition) is 4. The van der Waals surface area contributed by atoms with E-state index in [2.05, 4.69) is 10.1 Å². The van der Waals surface area contributed by atoms with Crippen molar-refractivity contribution in [3.05, 3.63) is 0 Å². The van der Waals surface area contributed by atoms with Gasteiger partial charge in [0.15, 0.2) is 0 Å². The highest BCUT2D eigenvalue weighted by atomic mass is 19.4. The van der Waals surface area contributed by atoms with Crippen molar-refractivity contribution in [2.45, 2.75) is 12.5 Å². The van der Waals surface area contributed by atoms with E-state index in [1.54, 1.807) is 0 Å². The lowest BCUT2D eigenvalue weighted by atomic mass is 10.4. The Balaban J connectivity index is 3.18. The van der Waals surface area contributed by atoms with E-state index in [4.69, 9.17) is 10.2 Å². The number of alkyl halides is 3. The molecule has 0 aliphatic heterocycles. The number of aliphatic hydroxyl groups excluding tert-OH is 2. The topological polar surface area (TPSA) is 61.7 Å². The molecule has 3 N–H and O–H groups in total. The van der Waals surface area contributed by atoms with E-state index in [-0.39, 0.29) is 13.1 Å². The van der Waals surface area contributed by atoms with Crippen molar-refractivity contribution in [2.75, 3.05) is 26.3 Å². The average Bonchev–Trinajstić information content (AvgIpc) is 2.01. The Morgan fingerprint density at radius 3 is 2.46 bits per heavy atom. The minimum absolute atomic E-state index is 0.0312. The van der Waals surface area contributed by atoms with E-state index in [1.807, 2.05) is 0 Å². The molecule has 0 radical (unpaired) electrons. The van der Waals surface area contributed by atoms with Crippen LogP contribution in [0.1, 0.15) is 0 Å². The lowest BCUT2D eigenvalue weighted by molar-refractivity contribution is -0.323. The zero-order valence-corrected chi connectivity index (χ0v) is 6.84. The van der Waals surface area contributed by atoms with Gasteiger partial charge in [-0.2, -0.15) is 0 Å². The van der Waals surface area contributed by atoms with E-state index in [0.717, 1.165) is 0 Å². The molecular weight excluding hydrogens is 191 g/mol. The summed E-state index contributed by atoms with van der Waals surface area (Å²) in [5.41, 5.74) is 0. The van der Waals surface area contributed by atoms with Crippen molar-refractivity contribution in [1.82, 2.24) is 5.32 Å². The molecule has 0 saturated carbocycles. The van der Waals surface area contributed by atoms with Crippen LogP contribution in [0.15, 0.2) is 0 Å². The zero-order chi connectivity index (χ0) is 10.3. The van der Waals surface area contributed by atoms with Crippen LogP contribution in [0.25, 0.3) is 0 Å². The first-order chi connectivity index (χ1) is 5.95. The molecule has 0 fully saturated rings. The van der Waals surface area contributed by atoms with Crippen LogP contribution in [-0.2, 0) is 4.74 Å². The third-order valence-corrected chi connectivity index (χ3v) is 1.14. The lowest BCUT2D eigenvalue weighted by Crippen LogP contribution is -2.32. The summed E-state index contributed by atoms with van der Waals surface area (Å²) >= 11 is 0. The van der Waals surface area contributed by atoms with Crippen LogP contribution in [0.4, 0.5) is 13.2 Å². The first-order valence-electron chi connectivity index (χ1n) is 3.66. The number of hydrogen-bond donors (Lipinski definition) is 3. The fraction of sp³-hybridized carbons (Fsp3) is 1.00. The van der Waals surface area contributed by atoms with Gasteiger partial charge in [-0.05, 0) is 0 Å². The molecule has 0 saturated heterocycles. The van der Waals surface area contributed by atoms with Gasteiger partial charge < -0.3 is 15.5 Å². The summed E-state index contributed by atoms with van der Waals surface area (Å²) in [6.45, 7) is -0.928. The van der Waals surface area contributed by atoms with Crippen molar-refractivity contribution in [2.24, 2.45) is 0 Å². The number of ether oxygens (including phenoxy) is 1. The van der Waals surface area contributed by atoms with E-state index >= 15 is 0 Å². The summed E-state index contributed by atoms with van der Waals surface area (Å²) in [6.07, 6.45) is -5.57. The second-order valence-electron chi connectivity index (χ2n) is 2.33. The molecule has 0 aromatic rings. The summed E-state index contributed by atoms with van der Waals surface area (Å²) in [5.74, 6) is 0. The van der Waals surface area contributed by atoms with Crippen LogP contribution in [-0.4, -0.2) is 49.0 Å². The molecule has 80 valence electrons. The van der Waals surface area contributed by atoms with E-state index < -0.39 is 25.7 Å². The number of aliphatic hydroxyl groups is 2. The molecular formula is C6H12F3NO3. The normalized spacial score (nSPS) is 14.5. The zero-order valence-electron chi connectivity index (χ0n) is 6.84. The molecule has 0 amide bonds. The van der Waals surface area contributed by atoms with E-state index in [9.17, 15) is 13.2 Å². The number of nitrogens with one attached hydrogen (secondary N) is 1. The smallest absolute Gasteiger partial charge is 0.394 e. The Morgan fingerprint density at radius 1 is 1.38 bits per heavy atom. The maximum absolute atomic E-state index is 11.4. The first-order valence-corrected chi connectivity index (χ1v) is 3.66. The summed E-state index contributed by atoms with van der Waals surface area (Å²) in [7, 11) is 0. The fourth-order valence-corrected chi connectivity index (χ4v) is 0.572. The summed E-state index contributed by atoms with van der Waals surface area (Å²) in [4.78, 5) is 0. The molecule has 0 spiro atoms. The molecule has 0 aromatic heterocycles. The van der Waals surface area contributed by atoms with Crippen LogP contribution in [0, 0.1) is 0 Å². The second kappa shape index (κ2) is 6.14. The Morgan fingerprint density at radius 2 is 2.00 bits per heavy atom. The highest BCUT2D eigenvalue weighted by Gasteiger charge is 2.28. The molecule has 0 aromatic carbocycles. The average molecular weight is 203 g/mol. The molecule has 4 nitrogen and oxygen atoms in total. The molecule has 7 heteroatoms. The van der Waals surface area contributed by atoms with Crippen LogP contribution in [0.2, 0.25) is 0 Å². The van der Waals surface area contributed by atoms with Crippen LogP contribution >= 0.6 is 0 Å². The van der Waals surface area contributed by atoms with Gasteiger partial charge in [0.2, 0.25) is 0 Å². The molecule has 0 aliphatic carbocycles. The Kier molecular flexibility index (Phi) is 5.97. The van der Waals surface area contributed by atoms with Crippen LogP contribution < -0.4 is 5.32 Å². The quantitative estimate of drug-likeness (QED) is 0.508. The standard InChI is InChI=1S/C6H12F3NO3/c7-6(8,9)13-2-1-10-3-5(12)4-11/h5,10-12H,1-4H2. The van der Waals surface area contributed by atoms with Crippen molar-refractivity contribution in [3.63, 3.8) is 0 Å². The summed E-state index contributed by atoms with van der Waals surface area (Å²) in [5, 5.41) is 19.5. The SMILES string of the molecule is OCC(O)CNCCOC(F)(F)F. The van der Waals surface area contributed by atoms with Crippen molar-refractivity contribution in [1.29, 1.82) is 0 Å².